The summed E-state index contributed by atoms with van der Waals surface area (Å²) in [5.41, 5.74) is 4.19. The quantitative estimate of drug-likeness (QED) is 0.862. The molecule has 1 aromatic carbocycles. The number of amides is 1. The lowest BCUT2D eigenvalue weighted by atomic mass is 10.1. The zero-order valence-electron chi connectivity index (χ0n) is 11.2. The van der Waals surface area contributed by atoms with Crippen LogP contribution >= 0.6 is 11.3 Å². The number of hydrogen-bond acceptors (Lipinski definition) is 4. The van der Waals surface area contributed by atoms with Gasteiger partial charge in [0.25, 0.3) is 5.91 Å². The zero-order chi connectivity index (χ0) is 13.8. The van der Waals surface area contributed by atoms with Gasteiger partial charge in [0, 0.05) is 12.4 Å². The second-order valence-corrected chi connectivity index (χ2v) is 5.01. The van der Waals surface area contributed by atoms with Crippen LogP contribution in [0.1, 0.15) is 21.6 Å². The highest BCUT2D eigenvalue weighted by molar-refractivity contribution is 7.07. The number of thiazole rings is 1. The topological polar surface area (TPSA) is 42.4 Å². The van der Waals surface area contributed by atoms with Crippen LogP contribution in [0.15, 0.2) is 29.1 Å². The van der Waals surface area contributed by atoms with Crippen molar-refractivity contribution in [3.63, 3.8) is 0 Å². The number of carbonyl (C=O) groups is 1. The van der Waals surface area contributed by atoms with E-state index in [1.54, 1.807) is 30.6 Å². The molecule has 0 aliphatic heterocycles. The van der Waals surface area contributed by atoms with Gasteiger partial charge < -0.3 is 9.64 Å². The third kappa shape index (κ3) is 2.93. The van der Waals surface area contributed by atoms with Crippen molar-refractivity contribution in [3.8, 4) is 5.75 Å². The Kier molecular flexibility index (Phi) is 4.16. The van der Waals surface area contributed by atoms with Crippen molar-refractivity contribution < 1.29 is 9.53 Å². The third-order valence-corrected chi connectivity index (χ3v) is 3.53. The maximum Gasteiger partial charge on any atom is 0.257 e. The molecule has 0 spiro atoms. The van der Waals surface area contributed by atoms with E-state index in [4.69, 9.17) is 4.74 Å². The molecule has 4 nitrogen and oxygen atoms in total. The first-order chi connectivity index (χ1) is 9.13. The monoisotopic (exact) mass is 276 g/mol. The molecule has 19 heavy (non-hydrogen) atoms. The Balaban J connectivity index is 2.24. The lowest BCUT2D eigenvalue weighted by Gasteiger charge is -2.19. The van der Waals surface area contributed by atoms with Gasteiger partial charge in [-0.25, -0.2) is 4.98 Å². The molecule has 0 fully saturated rings. The number of aromatic nitrogens is 1. The van der Waals surface area contributed by atoms with E-state index in [9.17, 15) is 4.79 Å². The molecule has 0 saturated carbocycles. The second kappa shape index (κ2) is 5.84. The molecule has 100 valence electrons. The zero-order valence-corrected chi connectivity index (χ0v) is 12.0. The molecule has 0 bridgehead atoms. The van der Waals surface area contributed by atoms with Crippen LogP contribution in [0.25, 0.3) is 0 Å². The van der Waals surface area contributed by atoms with E-state index in [-0.39, 0.29) is 5.91 Å². The van der Waals surface area contributed by atoms with Gasteiger partial charge in [0.1, 0.15) is 5.75 Å². The van der Waals surface area contributed by atoms with Gasteiger partial charge in [-0.3, -0.25) is 4.79 Å². The molecule has 1 aromatic heterocycles. The molecule has 5 heteroatoms. The molecule has 1 heterocycles. The van der Waals surface area contributed by atoms with Crippen molar-refractivity contribution in [2.24, 2.45) is 0 Å². The summed E-state index contributed by atoms with van der Waals surface area (Å²) in [7, 11) is 3.35. The molecule has 0 radical (unpaired) electrons. The first-order valence-electron chi connectivity index (χ1n) is 5.89. The number of benzene rings is 1. The van der Waals surface area contributed by atoms with Gasteiger partial charge in [-0.1, -0.05) is 12.1 Å². The fourth-order valence-corrected chi connectivity index (χ4v) is 2.46. The van der Waals surface area contributed by atoms with Gasteiger partial charge in [0.2, 0.25) is 0 Å². The van der Waals surface area contributed by atoms with Crippen molar-refractivity contribution in [1.82, 2.24) is 9.88 Å². The van der Waals surface area contributed by atoms with Gasteiger partial charge >= 0.3 is 0 Å². The van der Waals surface area contributed by atoms with E-state index in [2.05, 4.69) is 4.98 Å². The molecular weight excluding hydrogens is 260 g/mol. The molecule has 0 aliphatic rings. The Morgan fingerprint density at radius 2 is 2.26 bits per heavy atom. The van der Waals surface area contributed by atoms with Crippen LogP contribution in [0.5, 0.6) is 5.75 Å². The summed E-state index contributed by atoms with van der Waals surface area (Å²) in [5, 5.41) is 1.94. The summed E-state index contributed by atoms with van der Waals surface area (Å²) >= 11 is 1.53. The van der Waals surface area contributed by atoms with Crippen molar-refractivity contribution in [2.75, 3.05) is 14.2 Å². The Labute approximate surface area is 116 Å². The predicted octanol–water partition coefficient (Wildman–Crippen LogP) is 2.73. The van der Waals surface area contributed by atoms with Crippen LogP contribution in [-0.2, 0) is 6.54 Å². The van der Waals surface area contributed by atoms with E-state index in [1.165, 1.54) is 11.3 Å². The Hall–Kier alpha value is -1.88. The highest BCUT2D eigenvalue weighted by Crippen LogP contribution is 2.23. The predicted molar refractivity (Wildman–Crippen MR) is 75.6 cm³/mol. The Morgan fingerprint density at radius 3 is 2.89 bits per heavy atom. The minimum atomic E-state index is -0.0528. The molecule has 0 N–H and O–H groups in total. The molecule has 0 saturated heterocycles. The number of nitrogens with zero attached hydrogens (tertiary/aromatic N) is 2. The van der Waals surface area contributed by atoms with Crippen LogP contribution in [0.4, 0.5) is 0 Å². The van der Waals surface area contributed by atoms with Crippen molar-refractivity contribution in [3.05, 3.63) is 45.9 Å². The fourth-order valence-electron chi connectivity index (χ4n) is 1.91. The van der Waals surface area contributed by atoms with E-state index in [1.807, 2.05) is 24.4 Å². The number of aryl methyl sites for hydroxylation is 1. The van der Waals surface area contributed by atoms with Crippen LogP contribution in [0.3, 0.4) is 0 Å². The largest absolute Gasteiger partial charge is 0.496 e. The molecule has 2 rings (SSSR count). The molecule has 0 atom stereocenters. The van der Waals surface area contributed by atoms with E-state index in [0.717, 1.165) is 11.3 Å². The lowest BCUT2D eigenvalue weighted by molar-refractivity contribution is 0.0779. The smallest absolute Gasteiger partial charge is 0.257 e. The number of carbonyl (C=O) groups excluding carboxylic acids is 1. The van der Waals surface area contributed by atoms with E-state index in [0.29, 0.717) is 17.9 Å². The van der Waals surface area contributed by atoms with Crippen LogP contribution in [0, 0.1) is 6.92 Å². The average Bonchev–Trinajstić information content (AvgIpc) is 2.90. The van der Waals surface area contributed by atoms with Crippen LogP contribution in [-0.4, -0.2) is 29.9 Å². The summed E-state index contributed by atoms with van der Waals surface area (Å²) in [5.74, 6) is 0.554. The molecule has 2 aromatic rings. The summed E-state index contributed by atoms with van der Waals surface area (Å²) < 4.78 is 5.27. The second-order valence-electron chi connectivity index (χ2n) is 4.29. The number of methoxy groups -OCH3 is 1. The van der Waals surface area contributed by atoms with Crippen molar-refractivity contribution >= 4 is 17.2 Å². The third-order valence-electron chi connectivity index (χ3n) is 2.90. The van der Waals surface area contributed by atoms with Crippen LogP contribution < -0.4 is 4.74 Å². The minimum Gasteiger partial charge on any atom is -0.496 e. The molecule has 1 amide bonds. The Morgan fingerprint density at radius 1 is 1.47 bits per heavy atom. The fraction of sp³-hybridized carbons (Fsp3) is 0.286. The highest BCUT2D eigenvalue weighted by Gasteiger charge is 2.19. The Bertz CT molecular complexity index is 567. The van der Waals surface area contributed by atoms with Crippen molar-refractivity contribution in [2.45, 2.75) is 13.5 Å². The number of ether oxygens (including phenoxy) is 1. The lowest BCUT2D eigenvalue weighted by Crippen LogP contribution is -2.27. The maximum atomic E-state index is 12.5. The van der Waals surface area contributed by atoms with Crippen LogP contribution in [0.2, 0.25) is 0 Å². The SMILES string of the molecule is COc1cccc(C)c1C(=O)N(C)Cc1cscn1. The first-order valence-corrected chi connectivity index (χ1v) is 6.84. The first kappa shape index (κ1) is 13.5. The highest BCUT2D eigenvalue weighted by atomic mass is 32.1. The number of rotatable bonds is 4. The van der Waals surface area contributed by atoms with Gasteiger partial charge in [-0.05, 0) is 18.6 Å². The number of hydrogen-bond donors (Lipinski definition) is 0. The van der Waals surface area contributed by atoms with Gasteiger partial charge in [-0.15, -0.1) is 11.3 Å². The summed E-state index contributed by atoms with van der Waals surface area (Å²) in [6, 6.07) is 5.59. The van der Waals surface area contributed by atoms with Gasteiger partial charge in [-0.2, -0.15) is 0 Å². The standard InChI is InChI=1S/C14H16N2O2S/c1-10-5-4-6-12(18-3)13(10)14(17)16(2)7-11-8-19-9-15-11/h4-6,8-9H,7H2,1-3H3. The van der Waals surface area contributed by atoms with Crippen molar-refractivity contribution in [1.29, 1.82) is 0 Å². The van der Waals surface area contributed by atoms with E-state index >= 15 is 0 Å². The summed E-state index contributed by atoms with van der Waals surface area (Å²) in [6.07, 6.45) is 0. The maximum absolute atomic E-state index is 12.5. The molecule has 0 unspecified atom stereocenters. The van der Waals surface area contributed by atoms with Gasteiger partial charge in [0.15, 0.2) is 0 Å². The molecular formula is C14H16N2O2S. The average molecular weight is 276 g/mol. The summed E-state index contributed by atoms with van der Waals surface area (Å²) in [4.78, 5) is 18.3. The normalized spacial score (nSPS) is 10.3. The minimum absolute atomic E-state index is 0.0528. The molecule has 0 aliphatic carbocycles. The summed E-state index contributed by atoms with van der Waals surface area (Å²) in [6.45, 7) is 2.41. The van der Waals surface area contributed by atoms with E-state index < -0.39 is 0 Å². The van der Waals surface area contributed by atoms with Gasteiger partial charge in [0.05, 0.1) is 30.4 Å².